The monoisotopic (exact) mass is 155 g/mol. The molecule has 0 unspecified atom stereocenters. The highest BCUT2D eigenvalue weighted by Gasteiger charge is 1.92. The minimum atomic E-state index is 0. The molecule has 0 aromatic heterocycles. The van der Waals surface area contributed by atoms with Gasteiger partial charge in [-0.15, -0.1) is 0 Å². The summed E-state index contributed by atoms with van der Waals surface area (Å²) >= 11 is 0. The van der Waals surface area contributed by atoms with Crippen molar-refractivity contribution in [2.75, 3.05) is 5.73 Å². The molecule has 2 N–H and O–H groups in total. The predicted molar refractivity (Wildman–Crippen MR) is 50.7 cm³/mol. The van der Waals surface area contributed by atoms with Gasteiger partial charge in [0.2, 0.25) is 0 Å². The fraction of sp³-hybridized carbons (Fsp3) is 0.250. The number of hydrogen-bond donors (Lipinski definition) is 1. The van der Waals surface area contributed by atoms with E-state index in [4.69, 9.17) is 5.73 Å². The SMILES string of the molecule is Cc1cccc(N)c1C.S. The minimum absolute atomic E-state index is 0. The number of aryl methyl sites for hydroxylation is 1. The number of benzene rings is 1. The zero-order chi connectivity index (χ0) is 6.85. The molecule has 0 heterocycles. The molecule has 0 amide bonds. The van der Waals surface area contributed by atoms with Crippen LogP contribution in [0.15, 0.2) is 18.2 Å². The average molecular weight is 155 g/mol. The molecule has 0 saturated heterocycles. The Morgan fingerprint density at radius 2 is 1.80 bits per heavy atom. The molecule has 0 saturated carbocycles. The third-order valence-corrected chi connectivity index (χ3v) is 1.65. The molecule has 0 bridgehead atoms. The topological polar surface area (TPSA) is 26.0 Å². The van der Waals surface area contributed by atoms with Crippen molar-refractivity contribution < 1.29 is 0 Å². The maximum absolute atomic E-state index is 5.62. The predicted octanol–water partition coefficient (Wildman–Crippen LogP) is 2.00. The van der Waals surface area contributed by atoms with Gasteiger partial charge in [-0.3, -0.25) is 0 Å². The van der Waals surface area contributed by atoms with Gasteiger partial charge in [-0.25, -0.2) is 0 Å². The van der Waals surface area contributed by atoms with Crippen molar-refractivity contribution in [2.45, 2.75) is 13.8 Å². The summed E-state index contributed by atoms with van der Waals surface area (Å²) in [6.07, 6.45) is 0. The molecule has 1 nitrogen and oxygen atoms in total. The Hall–Kier alpha value is -0.630. The number of nitrogens with two attached hydrogens (primary N) is 1. The van der Waals surface area contributed by atoms with Crippen LogP contribution >= 0.6 is 13.5 Å². The summed E-state index contributed by atoms with van der Waals surface area (Å²) in [5.74, 6) is 0. The van der Waals surface area contributed by atoms with Crippen molar-refractivity contribution in [1.29, 1.82) is 0 Å². The second-order valence-corrected chi connectivity index (χ2v) is 2.29. The highest BCUT2D eigenvalue weighted by Crippen LogP contribution is 2.13. The summed E-state index contributed by atoms with van der Waals surface area (Å²) in [6, 6.07) is 5.95. The van der Waals surface area contributed by atoms with Gasteiger partial charge >= 0.3 is 0 Å². The number of rotatable bonds is 0. The molecule has 1 rings (SSSR count). The summed E-state index contributed by atoms with van der Waals surface area (Å²) < 4.78 is 0. The summed E-state index contributed by atoms with van der Waals surface area (Å²) in [5.41, 5.74) is 8.96. The van der Waals surface area contributed by atoms with Crippen molar-refractivity contribution in [2.24, 2.45) is 0 Å². The third kappa shape index (κ3) is 1.67. The van der Waals surface area contributed by atoms with Crippen molar-refractivity contribution >= 4 is 19.2 Å². The van der Waals surface area contributed by atoms with Gasteiger partial charge in [0.05, 0.1) is 0 Å². The van der Waals surface area contributed by atoms with Crippen LogP contribution in [0.4, 0.5) is 5.69 Å². The van der Waals surface area contributed by atoms with E-state index in [2.05, 4.69) is 13.0 Å². The van der Waals surface area contributed by atoms with Gasteiger partial charge in [0.25, 0.3) is 0 Å². The smallest absolute Gasteiger partial charge is 0.0346 e. The first-order valence-corrected chi connectivity index (χ1v) is 3.03. The van der Waals surface area contributed by atoms with Gasteiger partial charge in [-0.05, 0) is 31.0 Å². The fourth-order valence-electron chi connectivity index (χ4n) is 0.774. The van der Waals surface area contributed by atoms with Gasteiger partial charge in [0.15, 0.2) is 0 Å². The average Bonchev–Trinajstić information content (AvgIpc) is 1.83. The van der Waals surface area contributed by atoms with Gasteiger partial charge < -0.3 is 5.73 Å². The fourth-order valence-corrected chi connectivity index (χ4v) is 0.774. The lowest BCUT2D eigenvalue weighted by molar-refractivity contribution is 1.35. The highest BCUT2D eigenvalue weighted by atomic mass is 32.1. The van der Waals surface area contributed by atoms with Crippen molar-refractivity contribution in [3.8, 4) is 0 Å². The number of nitrogen functional groups attached to an aromatic ring is 1. The third-order valence-electron chi connectivity index (χ3n) is 1.65. The maximum Gasteiger partial charge on any atom is 0.0346 e. The van der Waals surface area contributed by atoms with E-state index in [1.54, 1.807) is 0 Å². The molecule has 0 aliphatic rings. The lowest BCUT2D eigenvalue weighted by Crippen LogP contribution is -1.90. The first-order valence-electron chi connectivity index (χ1n) is 3.03. The van der Waals surface area contributed by atoms with Crippen molar-refractivity contribution in [1.82, 2.24) is 0 Å². The summed E-state index contributed by atoms with van der Waals surface area (Å²) in [7, 11) is 0. The molecular weight excluding hydrogens is 142 g/mol. The van der Waals surface area contributed by atoms with Crippen LogP contribution in [0.3, 0.4) is 0 Å². The van der Waals surface area contributed by atoms with Gasteiger partial charge in [-0.2, -0.15) is 13.5 Å². The first-order chi connectivity index (χ1) is 4.22. The second-order valence-electron chi connectivity index (χ2n) is 2.29. The van der Waals surface area contributed by atoms with Crippen LogP contribution in [-0.2, 0) is 0 Å². The molecular formula is C8H13NS. The van der Waals surface area contributed by atoms with Crippen LogP contribution in [0.25, 0.3) is 0 Å². The van der Waals surface area contributed by atoms with E-state index in [9.17, 15) is 0 Å². The molecule has 0 aliphatic carbocycles. The van der Waals surface area contributed by atoms with E-state index in [0.29, 0.717) is 0 Å². The van der Waals surface area contributed by atoms with Crippen LogP contribution in [0.5, 0.6) is 0 Å². The van der Waals surface area contributed by atoms with Crippen molar-refractivity contribution in [3.05, 3.63) is 29.3 Å². The van der Waals surface area contributed by atoms with Crippen LogP contribution in [0.1, 0.15) is 11.1 Å². The molecule has 0 spiro atoms. The Morgan fingerprint density at radius 3 is 2.20 bits per heavy atom. The lowest BCUT2D eigenvalue weighted by atomic mass is 10.1. The Kier molecular flexibility index (Phi) is 3.30. The van der Waals surface area contributed by atoms with Crippen LogP contribution in [-0.4, -0.2) is 0 Å². The molecule has 2 heteroatoms. The second kappa shape index (κ2) is 3.52. The summed E-state index contributed by atoms with van der Waals surface area (Å²) in [6.45, 7) is 4.09. The molecule has 1 aromatic carbocycles. The quantitative estimate of drug-likeness (QED) is 0.570. The Labute approximate surface area is 68.7 Å². The van der Waals surface area contributed by atoms with Gasteiger partial charge in [0.1, 0.15) is 0 Å². The van der Waals surface area contributed by atoms with Crippen LogP contribution < -0.4 is 5.73 Å². The zero-order valence-corrected chi connectivity index (χ0v) is 7.31. The molecule has 56 valence electrons. The minimum Gasteiger partial charge on any atom is -0.399 e. The van der Waals surface area contributed by atoms with Gasteiger partial charge in [-0.1, -0.05) is 12.1 Å². The Bertz CT molecular complexity index is 200. The standard InChI is InChI=1S/C8H11N.H2S/c1-6-4-3-5-8(9)7(6)2;/h3-5H,9H2,1-2H3;1H2. The van der Waals surface area contributed by atoms with E-state index < -0.39 is 0 Å². The normalized spacial score (nSPS) is 8.60. The molecule has 0 radical (unpaired) electrons. The van der Waals surface area contributed by atoms with Crippen LogP contribution in [0.2, 0.25) is 0 Å². The van der Waals surface area contributed by atoms with E-state index in [0.717, 1.165) is 5.69 Å². The number of anilines is 1. The van der Waals surface area contributed by atoms with E-state index in [1.807, 2.05) is 19.1 Å². The maximum atomic E-state index is 5.62. The molecule has 1 aromatic rings. The lowest BCUT2D eigenvalue weighted by Gasteiger charge is -2.00. The first kappa shape index (κ1) is 9.37. The van der Waals surface area contributed by atoms with E-state index >= 15 is 0 Å². The Balaban J connectivity index is 0.000000810. The zero-order valence-electron chi connectivity index (χ0n) is 6.31. The molecule has 0 fully saturated rings. The van der Waals surface area contributed by atoms with Crippen molar-refractivity contribution in [3.63, 3.8) is 0 Å². The van der Waals surface area contributed by atoms with E-state index in [-0.39, 0.29) is 13.5 Å². The molecule has 0 aliphatic heterocycles. The summed E-state index contributed by atoms with van der Waals surface area (Å²) in [4.78, 5) is 0. The summed E-state index contributed by atoms with van der Waals surface area (Å²) in [5, 5.41) is 0. The van der Waals surface area contributed by atoms with E-state index in [1.165, 1.54) is 11.1 Å². The largest absolute Gasteiger partial charge is 0.399 e. The van der Waals surface area contributed by atoms with Crippen LogP contribution in [0, 0.1) is 13.8 Å². The van der Waals surface area contributed by atoms with Gasteiger partial charge in [0, 0.05) is 5.69 Å². The Morgan fingerprint density at radius 1 is 1.20 bits per heavy atom. The molecule has 0 atom stereocenters. The molecule has 10 heavy (non-hydrogen) atoms. The number of hydrogen-bond acceptors (Lipinski definition) is 1. The highest BCUT2D eigenvalue weighted by molar-refractivity contribution is 7.59.